The average molecular weight is 502 g/mol. The molecule has 0 amide bonds. The Hall–Kier alpha value is -0.577. The SMILES string of the molecule is [C-]1=CC=CC1.[C-]1=CC=CC1.[Cl][Ni][Cl].[Fe+2].c1ccc(Pc2ccccc2)cc1. The molecule has 0 spiro atoms. The van der Waals surface area contributed by atoms with Crippen LogP contribution >= 0.6 is 29.0 Å². The molecule has 0 heterocycles. The Labute approximate surface area is 190 Å². The summed E-state index contributed by atoms with van der Waals surface area (Å²) in [5, 5.41) is 2.79. The first-order valence-corrected chi connectivity index (χ1v) is 11.7. The normalized spacial score (nSPS) is 12.1. The van der Waals surface area contributed by atoms with Gasteiger partial charge in [-0.1, -0.05) is 69.2 Å². The van der Waals surface area contributed by atoms with Crippen molar-refractivity contribution in [2.45, 2.75) is 12.8 Å². The molecule has 0 radical (unpaired) electrons. The fraction of sp³-hybridized carbons (Fsp3) is 0.0909. The second-order valence-corrected chi connectivity index (χ2v) is 7.94. The van der Waals surface area contributed by atoms with E-state index in [1.165, 1.54) is 10.6 Å². The van der Waals surface area contributed by atoms with E-state index in [2.05, 4.69) is 85.0 Å². The summed E-state index contributed by atoms with van der Waals surface area (Å²) in [7, 11) is 10.2. The van der Waals surface area contributed by atoms with E-state index in [4.69, 9.17) is 20.4 Å². The summed E-state index contributed by atoms with van der Waals surface area (Å²) < 4.78 is 0. The number of benzene rings is 2. The predicted molar refractivity (Wildman–Crippen MR) is 115 cm³/mol. The average Bonchev–Trinajstić information content (AvgIpc) is 3.43. The molecule has 0 aliphatic heterocycles. The second kappa shape index (κ2) is 20.2. The van der Waals surface area contributed by atoms with E-state index in [0.717, 1.165) is 21.4 Å². The minimum absolute atomic E-state index is 0. The van der Waals surface area contributed by atoms with E-state index in [0.29, 0.717) is 12.7 Å². The van der Waals surface area contributed by atoms with Crippen molar-refractivity contribution in [2.75, 3.05) is 0 Å². The van der Waals surface area contributed by atoms with Gasteiger partial charge in [0.2, 0.25) is 0 Å². The summed E-state index contributed by atoms with van der Waals surface area (Å²) in [5.74, 6) is 0. The first-order chi connectivity index (χ1) is 12.9. The van der Waals surface area contributed by atoms with Gasteiger partial charge in [-0.3, -0.25) is 12.2 Å². The van der Waals surface area contributed by atoms with E-state index in [9.17, 15) is 0 Å². The third kappa shape index (κ3) is 16.1. The number of hydrogen-bond acceptors (Lipinski definition) is 0. The zero-order chi connectivity index (χ0) is 18.7. The third-order valence-electron chi connectivity index (χ3n) is 3.01. The van der Waals surface area contributed by atoms with Crippen LogP contribution in [0.5, 0.6) is 0 Å². The van der Waals surface area contributed by atoms with Crippen molar-refractivity contribution in [3.63, 3.8) is 0 Å². The van der Waals surface area contributed by atoms with Gasteiger partial charge in [0, 0.05) is 0 Å². The first-order valence-electron chi connectivity index (χ1n) is 7.99. The quantitative estimate of drug-likeness (QED) is 0.257. The Balaban J connectivity index is 0.000000400. The molecule has 0 unspecified atom stereocenters. The molecule has 2 aromatic rings. The van der Waals surface area contributed by atoms with Crippen molar-refractivity contribution in [1.82, 2.24) is 0 Å². The van der Waals surface area contributed by atoms with Crippen LogP contribution < -0.4 is 10.6 Å². The van der Waals surface area contributed by atoms with Crippen molar-refractivity contribution in [2.24, 2.45) is 0 Å². The van der Waals surface area contributed by atoms with Gasteiger partial charge >= 0.3 is 50.1 Å². The molecule has 0 N–H and O–H groups in total. The Morgan fingerprint density at radius 3 is 1.30 bits per heavy atom. The second-order valence-electron chi connectivity index (χ2n) is 4.91. The molecular formula is C22H21Cl2FeNiP. The van der Waals surface area contributed by atoms with E-state index in [-0.39, 0.29) is 17.1 Å². The van der Waals surface area contributed by atoms with Crippen LogP contribution in [0.15, 0.2) is 97.1 Å². The molecule has 4 rings (SSSR count). The minimum Gasteiger partial charge on any atom is -0.0622 e. The van der Waals surface area contributed by atoms with Crippen molar-refractivity contribution < 1.29 is 29.7 Å². The molecule has 2 aromatic carbocycles. The van der Waals surface area contributed by atoms with Gasteiger partial charge in [0.05, 0.1) is 0 Å². The van der Waals surface area contributed by atoms with Crippen LogP contribution in [0.25, 0.3) is 0 Å². The number of rotatable bonds is 2. The van der Waals surface area contributed by atoms with Gasteiger partial charge in [-0.25, -0.2) is 24.3 Å². The third-order valence-corrected chi connectivity index (χ3v) is 4.25. The van der Waals surface area contributed by atoms with Crippen LogP contribution in [0, 0.1) is 12.2 Å². The Morgan fingerprint density at radius 1 is 0.704 bits per heavy atom. The molecule has 5 heteroatoms. The minimum atomic E-state index is 0. The fourth-order valence-electron chi connectivity index (χ4n) is 1.89. The molecule has 2 aliphatic rings. The van der Waals surface area contributed by atoms with Crippen LogP contribution in [-0.4, -0.2) is 0 Å². The van der Waals surface area contributed by atoms with Crippen molar-refractivity contribution in [3.05, 3.63) is 109 Å². The van der Waals surface area contributed by atoms with Gasteiger partial charge in [-0.15, -0.1) is 12.8 Å². The van der Waals surface area contributed by atoms with E-state index in [1.807, 2.05) is 24.3 Å². The van der Waals surface area contributed by atoms with Crippen molar-refractivity contribution >= 4 is 39.6 Å². The van der Waals surface area contributed by atoms with Crippen molar-refractivity contribution in [1.29, 1.82) is 0 Å². The molecule has 0 saturated carbocycles. The molecule has 2 aliphatic carbocycles. The summed E-state index contributed by atoms with van der Waals surface area (Å²) in [6.45, 7) is 0. The van der Waals surface area contributed by atoms with Gasteiger partial charge in [0.15, 0.2) is 0 Å². The zero-order valence-corrected chi connectivity index (χ0v) is 19.2. The maximum Gasteiger partial charge on any atom is 2.00 e. The Morgan fingerprint density at radius 2 is 1.07 bits per heavy atom. The maximum absolute atomic E-state index is 4.70. The van der Waals surface area contributed by atoms with Crippen molar-refractivity contribution in [3.8, 4) is 0 Å². The molecule has 0 fully saturated rings. The molecule has 27 heavy (non-hydrogen) atoms. The number of halogens is 2. The van der Waals surface area contributed by atoms with E-state index in [1.54, 1.807) is 0 Å². The first kappa shape index (κ1) is 26.4. The smallest absolute Gasteiger partial charge is 0.0622 e. The Kier molecular flexibility index (Phi) is 19.7. The van der Waals surface area contributed by atoms with Gasteiger partial charge in [-0.05, 0) is 10.6 Å². The summed E-state index contributed by atoms with van der Waals surface area (Å²) in [6.07, 6.45) is 20.0. The maximum atomic E-state index is 4.70. The van der Waals surface area contributed by atoms with Crippen LogP contribution in [0.3, 0.4) is 0 Å². The largest absolute Gasteiger partial charge is 2.00 e. The molecular weight excluding hydrogens is 481 g/mol. The monoisotopic (exact) mass is 500 g/mol. The molecule has 0 saturated heterocycles. The van der Waals surface area contributed by atoms with Crippen LogP contribution in [-0.2, 0) is 29.7 Å². The van der Waals surface area contributed by atoms with Crippen LogP contribution in [0.2, 0.25) is 0 Å². The number of hydrogen-bond donors (Lipinski definition) is 0. The van der Waals surface area contributed by atoms with Crippen LogP contribution in [0.1, 0.15) is 12.8 Å². The molecule has 146 valence electrons. The zero-order valence-electron chi connectivity index (χ0n) is 14.6. The topological polar surface area (TPSA) is 0 Å². The Bertz CT molecular complexity index is 606. The van der Waals surface area contributed by atoms with Gasteiger partial charge in [0.25, 0.3) is 0 Å². The van der Waals surface area contributed by atoms with E-state index < -0.39 is 0 Å². The summed E-state index contributed by atoms with van der Waals surface area (Å²) in [4.78, 5) is 0. The molecule has 0 aromatic heterocycles. The summed E-state index contributed by atoms with van der Waals surface area (Å²) in [5.41, 5.74) is 0. The van der Waals surface area contributed by atoms with Crippen LogP contribution in [0.4, 0.5) is 0 Å². The molecule has 0 nitrogen and oxygen atoms in total. The summed E-state index contributed by atoms with van der Waals surface area (Å²) >= 11 is 0.569. The van der Waals surface area contributed by atoms with Gasteiger partial charge in [0.1, 0.15) is 0 Å². The standard InChI is InChI=1S/C12H11P.2C5H5.2ClH.Fe.Ni/c1-3-7-11(8-4-1)13-12-9-5-2-6-10-12;2*1-2-4-5-3-1;;;;/h1-10,13H;2*1-3H,4H2;2*1H;;/q;2*-1;;;2*+2/p-2. The van der Waals surface area contributed by atoms with Gasteiger partial charge in [-0.2, -0.15) is 12.2 Å². The van der Waals surface area contributed by atoms with E-state index >= 15 is 0 Å². The molecule has 0 atom stereocenters. The fourth-order valence-corrected chi connectivity index (χ4v) is 2.94. The predicted octanol–water partition coefficient (Wildman–Crippen LogP) is 6.30. The van der Waals surface area contributed by atoms with Gasteiger partial charge < -0.3 is 0 Å². The summed E-state index contributed by atoms with van der Waals surface area (Å²) in [6, 6.07) is 21.2. The number of allylic oxidation sites excluding steroid dienone is 8. The molecule has 0 bridgehead atoms.